The molecule has 0 bridgehead atoms. The Morgan fingerprint density at radius 2 is 2.00 bits per heavy atom. The molecule has 148 valence electrons. The standard InChI is InChI=1S/C23H18N4O3/c28-23-17(8-18-11-24-15-25-18)14-30-22-9-20(6-7-21(22)23)29-13-16-10-26-27(12-16)19-4-2-1-3-5-19/h1-7,9-12,14-15H,8,13H2,(H,24,25). The summed E-state index contributed by atoms with van der Waals surface area (Å²) in [6, 6.07) is 15.1. The molecule has 1 N–H and O–H groups in total. The second-order valence-electron chi connectivity index (χ2n) is 6.92. The van der Waals surface area contributed by atoms with Gasteiger partial charge in [0.2, 0.25) is 0 Å². The van der Waals surface area contributed by atoms with Crippen molar-refractivity contribution >= 4 is 11.0 Å². The number of para-hydroxylation sites is 1. The van der Waals surface area contributed by atoms with Crippen LogP contribution in [0.1, 0.15) is 16.8 Å². The van der Waals surface area contributed by atoms with Crippen molar-refractivity contribution in [2.75, 3.05) is 0 Å². The van der Waals surface area contributed by atoms with Crippen LogP contribution < -0.4 is 10.2 Å². The number of hydrogen-bond acceptors (Lipinski definition) is 5. The highest BCUT2D eigenvalue weighted by Gasteiger charge is 2.10. The first-order valence-electron chi connectivity index (χ1n) is 9.50. The molecule has 0 saturated carbocycles. The monoisotopic (exact) mass is 398 g/mol. The van der Waals surface area contributed by atoms with E-state index < -0.39 is 0 Å². The van der Waals surface area contributed by atoms with Gasteiger partial charge < -0.3 is 14.1 Å². The molecule has 0 aliphatic carbocycles. The van der Waals surface area contributed by atoms with Crippen LogP contribution in [0.2, 0.25) is 0 Å². The minimum atomic E-state index is -0.0541. The van der Waals surface area contributed by atoms with Gasteiger partial charge in [-0.1, -0.05) is 18.2 Å². The van der Waals surface area contributed by atoms with Gasteiger partial charge in [-0.2, -0.15) is 5.10 Å². The Labute approximate surface area is 171 Å². The van der Waals surface area contributed by atoms with Crippen LogP contribution in [0.4, 0.5) is 0 Å². The van der Waals surface area contributed by atoms with Gasteiger partial charge in [0, 0.05) is 41.7 Å². The molecule has 0 aliphatic rings. The average molecular weight is 398 g/mol. The van der Waals surface area contributed by atoms with Crippen LogP contribution in [0.25, 0.3) is 16.7 Å². The van der Waals surface area contributed by atoms with E-state index in [0.29, 0.717) is 35.3 Å². The molecule has 7 heteroatoms. The molecule has 0 aliphatic heterocycles. The molecule has 5 aromatic rings. The van der Waals surface area contributed by atoms with Crippen LogP contribution in [-0.4, -0.2) is 19.7 Å². The zero-order valence-corrected chi connectivity index (χ0v) is 16.0. The van der Waals surface area contributed by atoms with Crippen LogP contribution in [0.5, 0.6) is 5.75 Å². The molecule has 0 radical (unpaired) electrons. The van der Waals surface area contributed by atoms with Crippen molar-refractivity contribution in [3.05, 3.63) is 107 Å². The molecule has 2 aromatic carbocycles. The first kappa shape index (κ1) is 17.9. The molecule has 0 unspecified atom stereocenters. The van der Waals surface area contributed by atoms with Gasteiger partial charge in [-0.3, -0.25) is 4.79 Å². The minimum Gasteiger partial charge on any atom is -0.489 e. The van der Waals surface area contributed by atoms with E-state index in [1.807, 2.05) is 36.5 Å². The summed E-state index contributed by atoms with van der Waals surface area (Å²) in [7, 11) is 0. The van der Waals surface area contributed by atoms with Crippen LogP contribution in [0.15, 0.2) is 88.9 Å². The summed E-state index contributed by atoms with van der Waals surface area (Å²) in [5.41, 5.74) is 3.80. The fraction of sp³-hybridized carbons (Fsp3) is 0.0870. The maximum absolute atomic E-state index is 12.7. The van der Waals surface area contributed by atoms with Crippen LogP contribution >= 0.6 is 0 Å². The lowest BCUT2D eigenvalue weighted by Crippen LogP contribution is -2.09. The SMILES string of the molecule is O=c1c(Cc2cnc[nH]2)coc2cc(OCc3cnn(-c4ccccc4)c3)ccc12. The third kappa shape index (κ3) is 3.60. The van der Waals surface area contributed by atoms with Gasteiger partial charge >= 0.3 is 0 Å². The second kappa shape index (κ2) is 7.71. The quantitative estimate of drug-likeness (QED) is 0.469. The third-order valence-electron chi connectivity index (χ3n) is 4.82. The number of hydrogen-bond donors (Lipinski definition) is 1. The van der Waals surface area contributed by atoms with Gasteiger partial charge in [-0.25, -0.2) is 9.67 Å². The number of H-pyrrole nitrogens is 1. The number of nitrogens with one attached hydrogen (secondary N) is 1. The van der Waals surface area contributed by atoms with Crippen LogP contribution in [0.3, 0.4) is 0 Å². The number of aromatic nitrogens is 4. The second-order valence-corrected chi connectivity index (χ2v) is 6.92. The normalized spacial score (nSPS) is 11.1. The summed E-state index contributed by atoms with van der Waals surface area (Å²) in [4.78, 5) is 19.7. The predicted octanol–water partition coefficient (Wildman–Crippen LogP) is 3.87. The van der Waals surface area contributed by atoms with Crippen molar-refractivity contribution in [3.8, 4) is 11.4 Å². The summed E-state index contributed by atoms with van der Waals surface area (Å²) in [5, 5.41) is 4.89. The Morgan fingerprint density at radius 1 is 1.10 bits per heavy atom. The summed E-state index contributed by atoms with van der Waals surface area (Å²) in [5.74, 6) is 0.624. The van der Waals surface area contributed by atoms with E-state index in [0.717, 1.165) is 16.9 Å². The highest BCUT2D eigenvalue weighted by Crippen LogP contribution is 2.21. The first-order valence-corrected chi connectivity index (χ1v) is 9.50. The number of aromatic amines is 1. The molecule has 0 amide bonds. The molecule has 0 fully saturated rings. The van der Waals surface area contributed by atoms with Crippen molar-refractivity contribution in [2.45, 2.75) is 13.0 Å². The first-order chi connectivity index (χ1) is 14.8. The van der Waals surface area contributed by atoms with E-state index in [-0.39, 0.29) is 5.43 Å². The summed E-state index contributed by atoms with van der Waals surface area (Å²) < 4.78 is 13.4. The van der Waals surface area contributed by atoms with Gasteiger partial charge in [-0.05, 0) is 24.3 Å². The zero-order valence-electron chi connectivity index (χ0n) is 16.0. The van der Waals surface area contributed by atoms with Gasteiger partial charge in [0.1, 0.15) is 17.9 Å². The number of nitrogens with zero attached hydrogens (tertiary/aromatic N) is 3. The van der Waals surface area contributed by atoms with Crippen molar-refractivity contribution in [3.63, 3.8) is 0 Å². The predicted molar refractivity (Wildman–Crippen MR) is 112 cm³/mol. The van der Waals surface area contributed by atoms with E-state index >= 15 is 0 Å². The fourth-order valence-electron chi connectivity index (χ4n) is 3.27. The molecule has 0 spiro atoms. The Balaban J connectivity index is 1.32. The van der Waals surface area contributed by atoms with E-state index in [1.54, 1.807) is 41.6 Å². The van der Waals surface area contributed by atoms with Crippen LogP contribution in [0, 0.1) is 0 Å². The molecule has 0 atom stereocenters. The number of rotatable bonds is 6. The minimum absolute atomic E-state index is 0.0541. The molecule has 5 rings (SSSR count). The van der Waals surface area contributed by atoms with Crippen LogP contribution in [-0.2, 0) is 13.0 Å². The highest BCUT2D eigenvalue weighted by molar-refractivity contribution is 5.78. The molecule has 7 nitrogen and oxygen atoms in total. The highest BCUT2D eigenvalue weighted by atomic mass is 16.5. The topological polar surface area (TPSA) is 85.9 Å². The third-order valence-corrected chi connectivity index (χ3v) is 4.82. The van der Waals surface area contributed by atoms with Gasteiger partial charge in [0.05, 0.1) is 29.9 Å². The number of ether oxygens (including phenoxy) is 1. The molecule has 3 aromatic heterocycles. The average Bonchev–Trinajstić information content (AvgIpc) is 3.47. The molecular formula is C23H18N4O3. The number of fused-ring (bicyclic) bond motifs is 1. The fourth-order valence-corrected chi connectivity index (χ4v) is 3.27. The van der Waals surface area contributed by atoms with E-state index in [9.17, 15) is 4.79 Å². The maximum atomic E-state index is 12.7. The summed E-state index contributed by atoms with van der Waals surface area (Å²) in [6.45, 7) is 0.362. The lowest BCUT2D eigenvalue weighted by atomic mass is 10.1. The van der Waals surface area contributed by atoms with Gasteiger partial charge in [-0.15, -0.1) is 0 Å². The smallest absolute Gasteiger partial charge is 0.196 e. The number of benzene rings is 2. The Kier molecular flexibility index (Phi) is 4.61. The van der Waals surface area contributed by atoms with Crippen molar-refractivity contribution in [1.82, 2.24) is 19.7 Å². The maximum Gasteiger partial charge on any atom is 0.196 e. The summed E-state index contributed by atoms with van der Waals surface area (Å²) in [6.07, 6.45) is 8.93. The van der Waals surface area contributed by atoms with E-state index in [2.05, 4.69) is 15.1 Å². The molecule has 30 heavy (non-hydrogen) atoms. The Hall–Kier alpha value is -4.13. The van der Waals surface area contributed by atoms with Crippen molar-refractivity contribution in [1.29, 1.82) is 0 Å². The lowest BCUT2D eigenvalue weighted by molar-refractivity contribution is 0.306. The van der Waals surface area contributed by atoms with E-state index in [4.69, 9.17) is 9.15 Å². The molecular weight excluding hydrogens is 380 g/mol. The van der Waals surface area contributed by atoms with Crippen molar-refractivity contribution in [2.24, 2.45) is 0 Å². The zero-order chi connectivity index (χ0) is 20.3. The van der Waals surface area contributed by atoms with Gasteiger partial charge in [0.15, 0.2) is 5.43 Å². The molecule has 3 heterocycles. The molecule has 0 saturated heterocycles. The summed E-state index contributed by atoms with van der Waals surface area (Å²) >= 11 is 0. The van der Waals surface area contributed by atoms with Gasteiger partial charge in [0.25, 0.3) is 0 Å². The largest absolute Gasteiger partial charge is 0.489 e. The van der Waals surface area contributed by atoms with E-state index in [1.165, 1.54) is 6.26 Å². The Bertz CT molecular complexity index is 1340. The Morgan fingerprint density at radius 3 is 2.83 bits per heavy atom. The lowest BCUT2D eigenvalue weighted by Gasteiger charge is -2.06. The van der Waals surface area contributed by atoms with Crippen molar-refractivity contribution < 1.29 is 9.15 Å². The number of imidazole rings is 1.